The number of hydrogen-bond donors (Lipinski definition) is 11. The molecule has 18 nitrogen and oxygen atoms in total. The first-order valence-corrected chi connectivity index (χ1v) is 48.1. The standard InChI is InChI=1S/C20H26N2O.C20H27NO3.C13H20BNO3.C12H19NO2.C12H20O2.2C11H18O.CH4.2ClH/c21-12-19(22-18(13-23)17-4-2-1-3-5-17)20-9-14-6-15(10-20)8-16(7-14)11-20;22-12-17(16-4-2-1-3-5-16)21-18(19(23)24)20-9-13-6-14(10-20)8-15(7-13)11-20;16-12(17)11(15-7-14-18)13-4-8-1-9(5-13)3-10(2-8)6-13;13-10(11(14)15)12-4-7-1-8(5-12)3-9(2-7)6-12;1-13-14-8-12-5-9-2-10(6-12)4-11(3-9)7-12;2*12-7-11-4-8-1-9(5-11)3-10(2-8)6-11;;;/h1-5,14-16,18-19,22-23H,6-11,13H2;1-5,13-15,17-18,21-22H,6-12H2,(H,23,24);8-11,15H,1-7H2,(H,16,17);7-10H,1-6,13H2,(H,14,15);9-11H,2-8H2,1H3;2*8-10,12H,1-7H2;1H4;2*1H/t14?,15?,16?,18-,19+,20?;13?,14?,15?,17-,18+,20?;8?,9?,10?,11-,13?;7?,8?,9?,10-,12?;;;;;;/m0011....../s1. The molecule has 12 N–H and O–H groups in total. The Kier molecular flexibility index (Phi) is 30.1. The van der Waals surface area contributed by atoms with Crippen LogP contribution in [0.3, 0.4) is 0 Å². The molecular formula is C100H154BCl2N5O13. The molecule has 28 aliphatic rings. The van der Waals surface area contributed by atoms with Crippen LogP contribution in [0.15, 0.2) is 60.7 Å². The van der Waals surface area contributed by atoms with Crippen molar-refractivity contribution in [2.24, 2.45) is 168 Å². The molecule has 28 saturated carbocycles. The Morgan fingerprint density at radius 2 is 0.661 bits per heavy atom. The largest absolute Gasteiger partial charge is 0.480 e. The smallest absolute Gasteiger partial charge is 0.321 e. The number of carboxylic acid groups (broad SMARTS) is 3. The van der Waals surface area contributed by atoms with Crippen molar-refractivity contribution in [2.75, 3.05) is 46.6 Å². The van der Waals surface area contributed by atoms with Crippen molar-refractivity contribution in [2.45, 2.75) is 313 Å². The maximum atomic E-state index is 12.2. The van der Waals surface area contributed by atoms with E-state index in [0.717, 1.165) is 189 Å². The third-order valence-corrected chi connectivity index (χ3v) is 37.3. The van der Waals surface area contributed by atoms with Crippen LogP contribution in [0.25, 0.3) is 0 Å². The van der Waals surface area contributed by atoms with Crippen molar-refractivity contribution in [3.63, 3.8) is 0 Å². The maximum absolute atomic E-state index is 12.2. The minimum absolute atomic E-state index is 0. The molecule has 0 radical (unpaired) electrons. The molecule has 2 aromatic rings. The predicted octanol–water partition coefficient (Wildman–Crippen LogP) is 17.9. The van der Waals surface area contributed by atoms with Gasteiger partial charge >= 0.3 is 119 Å². The molecule has 28 fully saturated rings. The summed E-state index contributed by atoms with van der Waals surface area (Å²) in [4.78, 5) is 44.8. The molecule has 0 aliphatic heterocycles. The zero-order valence-corrected chi connectivity index (χ0v) is 73.9. The molecule has 0 aromatic heterocycles. The Hall–Kier alpha value is -3.62. The second kappa shape index (κ2) is 39.0. The summed E-state index contributed by atoms with van der Waals surface area (Å²) >= 11 is 0. The van der Waals surface area contributed by atoms with Gasteiger partial charge in [-0.05, 0) is 381 Å². The van der Waals surface area contributed by atoms with Gasteiger partial charge in [0.25, 0.3) is 0 Å². The van der Waals surface area contributed by atoms with Crippen LogP contribution in [0.1, 0.15) is 300 Å². The van der Waals surface area contributed by atoms with Gasteiger partial charge in [-0.1, -0.05) is 68.1 Å². The Balaban J connectivity index is 0.000000117. The van der Waals surface area contributed by atoms with Gasteiger partial charge in [0.15, 0.2) is 0 Å². The third kappa shape index (κ3) is 20.2. The van der Waals surface area contributed by atoms with E-state index in [2.05, 4.69) is 22.0 Å². The fourth-order valence-corrected chi connectivity index (χ4v) is 35.9. The average Bonchev–Trinajstić information content (AvgIpc) is 0.790. The number of rotatable bonds is 23. The molecule has 121 heavy (non-hydrogen) atoms. The number of aliphatic hydroxyl groups excluding tert-OH is 4. The summed E-state index contributed by atoms with van der Waals surface area (Å²) in [6.07, 6.45) is 54.9. The van der Waals surface area contributed by atoms with Gasteiger partial charge in [0.05, 0.1) is 45.1 Å². The second-order valence-corrected chi connectivity index (χ2v) is 46.2. The van der Waals surface area contributed by atoms with E-state index in [1.807, 2.05) is 60.7 Å². The molecule has 6 atom stereocenters. The minimum Gasteiger partial charge on any atom is -0.480 e. The number of carbonyl (C=O) groups is 3. The summed E-state index contributed by atoms with van der Waals surface area (Å²) < 4.78 is 10.5. The normalized spacial score (nSPS) is 43.7. The number of carboxylic acids is 3. The van der Waals surface area contributed by atoms with Crippen LogP contribution in [-0.4, -0.2) is 132 Å². The molecular weight excluding hydrogens is 1560 g/mol. The average molecular weight is 1720 g/mol. The number of nitrogens with two attached hydrogens (primary N) is 1. The van der Waals surface area contributed by atoms with Crippen molar-refractivity contribution in [1.82, 2.24) is 16.0 Å². The van der Waals surface area contributed by atoms with E-state index in [9.17, 15) is 55.0 Å². The van der Waals surface area contributed by atoms with E-state index in [0.29, 0.717) is 47.2 Å². The van der Waals surface area contributed by atoms with Crippen molar-refractivity contribution >= 4 is 49.9 Å². The fourth-order valence-electron chi connectivity index (χ4n) is 35.9. The van der Waals surface area contributed by atoms with Gasteiger partial charge < -0.3 is 36.4 Å². The van der Waals surface area contributed by atoms with Crippen LogP contribution in [-0.2, 0) is 28.9 Å². The van der Waals surface area contributed by atoms with E-state index in [1.54, 1.807) is 7.11 Å². The molecule has 21 heteroatoms. The van der Waals surface area contributed by atoms with Gasteiger partial charge in [-0.2, -0.15) is 5.26 Å². The quantitative estimate of drug-likeness (QED) is 0.0280. The Bertz CT molecular complexity index is 3520. The minimum atomic E-state index is -0.794. The van der Waals surface area contributed by atoms with Crippen LogP contribution in [0.4, 0.5) is 0 Å². The summed E-state index contributed by atoms with van der Waals surface area (Å²) in [6, 6.07) is 20.0. The van der Waals surface area contributed by atoms with Crippen LogP contribution in [0.5, 0.6) is 0 Å². The van der Waals surface area contributed by atoms with E-state index in [-0.39, 0.29) is 91.7 Å². The first kappa shape index (κ1) is 93.5. The molecule has 30 rings (SSSR count). The number of nitrogens with zero attached hydrogens (tertiary/aromatic N) is 1. The summed E-state index contributed by atoms with van der Waals surface area (Å²) in [5, 5.41) is 86.8. The number of nitrogens with one attached hydrogen (secondary N) is 3. The van der Waals surface area contributed by atoms with Crippen LogP contribution < -0.4 is 21.7 Å². The molecule has 674 valence electrons. The zero-order chi connectivity index (χ0) is 81.9. The first-order chi connectivity index (χ1) is 56.9. The van der Waals surface area contributed by atoms with Crippen LogP contribution in [0.2, 0.25) is 0 Å². The van der Waals surface area contributed by atoms with Crippen LogP contribution in [0, 0.1) is 174 Å². The van der Waals surface area contributed by atoms with Crippen molar-refractivity contribution in [1.29, 1.82) is 5.26 Å². The number of halogens is 2. The zero-order valence-electron chi connectivity index (χ0n) is 72.3. The molecule has 28 aliphatic carbocycles. The summed E-state index contributed by atoms with van der Waals surface area (Å²) in [7, 11) is 2.39. The Morgan fingerprint density at radius 1 is 0.405 bits per heavy atom. The summed E-state index contributed by atoms with van der Waals surface area (Å²) in [6.45, 7) is 1.73. The third-order valence-electron chi connectivity index (χ3n) is 37.3. The van der Waals surface area contributed by atoms with Gasteiger partial charge in [0.2, 0.25) is 0 Å². The summed E-state index contributed by atoms with van der Waals surface area (Å²) in [5.74, 6) is 15.8. The number of aliphatic carboxylic acids is 3. The second-order valence-electron chi connectivity index (χ2n) is 46.2. The fraction of sp³-hybridized carbons (Fsp3) is 0.840. The number of benzene rings is 2. The number of hydrogen-bond acceptors (Lipinski definition) is 15. The van der Waals surface area contributed by atoms with Crippen molar-refractivity contribution < 1.29 is 64.6 Å². The van der Waals surface area contributed by atoms with Crippen LogP contribution >= 0.6 is 24.8 Å². The van der Waals surface area contributed by atoms with Gasteiger partial charge in [-0.15, -0.1) is 24.8 Å². The Labute approximate surface area is 737 Å². The molecule has 28 bridgehead atoms. The van der Waals surface area contributed by atoms with Gasteiger partial charge in [-0.25, -0.2) is 9.78 Å². The van der Waals surface area contributed by atoms with Gasteiger partial charge in [0, 0.05) is 13.2 Å². The molecule has 0 amide bonds. The van der Waals surface area contributed by atoms with E-state index in [1.165, 1.54) is 212 Å². The van der Waals surface area contributed by atoms with E-state index in [4.69, 9.17) is 20.6 Å². The van der Waals surface area contributed by atoms with E-state index >= 15 is 0 Å². The molecule has 0 unspecified atom stereocenters. The first-order valence-electron chi connectivity index (χ1n) is 48.1. The topological polar surface area (TPSA) is 314 Å². The van der Waals surface area contributed by atoms with E-state index < -0.39 is 36.0 Å². The van der Waals surface area contributed by atoms with Gasteiger partial charge in [-0.3, -0.25) is 20.2 Å². The van der Waals surface area contributed by atoms with Crippen molar-refractivity contribution in [3.8, 4) is 6.07 Å². The molecule has 2 aromatic carbocycles. The monoisotopic (exact) mass is 1710 g/mol. The number of nitriles is 1. The number of aliphatic hydroxyl groups is 4. The SMILES string of the molecule is C.COOCC12CC3CC(CC(C3)C1)C2.Cl.Cl.N#C[C@@H](N[C@@H](CO)c1ccccc1)C12CC3CC(CC(C3)C1)C2.N[C@H](C(=O)O)C12CC3CC(CC(C3)C1)C2.O=BCN[C@H](C(=O)O)C12CC3CC(CC(C3)C1)C2.O=C(O)[C@@H](N[C@@H](CO)c1ccccc1)C12CC3CC(CC(C3)C1)C2.OCC12CC3CC(CC(C3)C1)C2.OCC12CC3CC(CC(C3)C1)C2. The molecule has 0 saturated heterocycles. The maximum Gasteiger partial charge on any atom is 0.321 e. The Morgan fingerprint density at radius 3 is 0.909 bits per heavy atom. The summed E-state index contributed by atoms with van der Waals surface area (Å²) in [5.41, 5.74) is 9.14. The predicted molar refractivity (Wildman–Crippen MR) is 474 cm³/mol. The van der Waals surface area contributed by atoms with Crippen molar-refractivity contribution in [3.05, 3.63) is 71.8 Å². The molecule has 0 heterocycles. The van der Waals surface area contributed by atoms with Gasteiger partial charge in [0.1, 0.15) is 18.1 Å². The molecule has 0 spiro atoms.